The van der Waals surface area contributed by atoms with Crippen LogP contribution in [0, 0.1) is 0 Å². The molecule has 0 aromatic rings. The van der Waals surface area contributed by atoms with Crippen LogP contribution >= 0.6 is 0 Å². The van der Waals surface area contributed by atoms with E-state index in [9.17, 15) is 18.8 Å². The van der Waals surface area contributed by atoms with E-state index >= 15 is 0 Å². The largest absolute Gasteiger partial charge is 0.340 e. The number of carbonyl (C=O) groups excluding carboxylic acids is 3. The van der Waals surface area contributed by atoms with Crippen molar-refractivity contribution in [3.8, 4) is 0 Å². The molecule has 5 nitrogen and oxygen atoms in total. The number of piperidine rings is 1. The molecule has 2 N–H and O–H groups in total. The first kappa shape index (κ1) is 13.3. The normalized spacial score (nSPS) is 20.8. The van der Waals surface area contributed by atoms with Crippen LogP contribution in [-0.2, 0) is 14.4 Å². The Labute approximate surface area is 98.4 Å². The number of nitrogens with one attached hydrogen (secondary N) is 2. The summed E-state index contributed by atoms with van der Waals surface area (Å²) in [6.07, 6.45) is 0.374. The van der Waals surface area contributed by atoms with Crippen LogP contribution in [0.4, 0.5) is 4.39 Å². The van der Waals surface area contributed by atoms with Crippen molar-refractivity contribution in [3.05, 3.63) is 12.2 Å². The van der Waals surface area contributed by atoms with Gasteiger partial charge >= 0.3 is 0 Å². The second kappa shape index (κ2) is 4.65. The molecule has 0 bridgehead atoms. The summed E-state index contributed by atoms with van der Waals surface area (Å²) in [5, 5.41) is 4.45. The molecule has 1 atom stereocenters. The topological polar surface area (TPSA) is 75.3 Å². The van der Waals surface area contributed by atoms with Gasteiger partial charge in [-0.15, -0.1) is 0 Å². The van der Waals surface area contributed by atoms with E-state index < -0.39 is 23.5 Å². The van der Waals surface area contributed by atoms with Gasteiger partial charge in [-0.05, 0) is 20.3 Å². The van der Waals surface area contributed by atoms with Crippen molar-refractivity contribution < 1.29 is 18.8 Å². The fourth-order valence-corrected chi connectivity index (χ4v) is 1.35. The first-order chi connectivity index (χ1) is 7.71. The molecule has 0 aliphatic carbocycles. The molecule has 1 saturated heterocycles. The molecular formula is C11H15FN2O3. The predicted octanol–water partition coefficient (Wildman–Crippen LogP) is 0.212. The molecule has 0 aromatic heterocycles. The zero-order valence-corrected chi connectivity index (χ0v) is 9.80. The lowest BCUT2D eigenvalue weighted by molar-refractivity contribution is -0.136. The molecule has 94 valence electrons. The summed E-state index contributed by atoms with van der Waals surface area (Å²) in [7, 11) is 0. The molecule has 3 amide bonds. The minimum absolute atomic E-state index is 0.155. The molecule has 1 unspecified atom stereocenters. The van der Waals surface area contributed by atoms with E-state index in [2.05, 4.69) is 17.2 Å². The van der Waals surface area contributed by atoms with Gasteiger partial charge in [-0.25, -0.2) is 4.39 Å². The summed E-state index contributed by atoms with van der Waals surface area (Å²) in [5.74, 6) is -1.66. The van der Waals surface area contributed by atoms with Gasteiger partial charge in [0.2, 0.25) is 17.7 Å². The lowest BCUT2D eigenvalue weighted by atomic mass is 9.99. The van der Waals surface area contributed by atoms with E-state index in [-0.39, 0.29) is 24.3 Å². The summed E-state index contributed by atoms with van der Waals surface area (Å²) < 4.78 is 13.4. The van der Waals surface area contributed by atoms with Gasteiger partial charge in [0.1, 0.15) is 11.7 Å². The van der Waals surface area contributed by atoms with Gasteiger partial charge in [0, 0.05) is 12.0 Å². The highest BCUT2D eigenvalue weighted by Gasteiger charge is 2.32. The van der Waals surface area contributed by atoms with E-state index in [1.54, 1.807) is 0 Å². The Morgan fingerprint density at radius 1 is 1.53 bits per heavy atom. The van der Waals surface area contributed by atoms with Crippen LogP contribution < -0.4 is 10.6 Å². The van der Waals surface area contributed by atoms with Crippen LogP contribution in [-0.4, -0.2) is 29.4 Å². The zero-order chi connectivity index (χ0) is 13.2. The Bertz CT molecular complexity index is 385. The summed E-state index contributed by atoms with van der Waals surface area (Å²) in [4.78, 5) is 33.8. The molecule has 0 saturated carbocycles. The van der Waals surface area contributed by atoms with E-state index in [0.717, 1.165) is 0 Å². The number of halogens is 1. The Morgan fingerprint density at radius 3 is 2.59 bits per heavy atom. The highest BCUT2D eigenvalue weighted by atomic mass is 19.1. The summed E-state index contributed by atoms with van der Waals surface area (Å²) in [6, 6.07) is -0.806. The van der Waals surface area contributed by atoms with Crippen molar-refractivity contribution in [1.29, 1.82) is 0 Å². The molecule has 1 rings (SSSR count). The predicted molar refractivity (Wildman–Crippen MR) is 58.6 cm³/mol. The maximum absolute atomic E-state index is 13.4. The fraction of sp³-hybridized carbons (Fsp3) is 0.545. The molecular weight excluding hydrogens is 227 g/mol. The molecule has 17 heavy (non-hydrogen) atoms. The van der Waals surface area contributed by atoms with Gasteiger partial charge in [-0.2, -0.15) is 0 Å². The van der Waals surface area contributed by atoms with E-state index in [1.807, 2.05) is 0 Å². The van der Waals surface area contributed by atoms with Crippen molar-refractivity contribution in [3.63, 3.8) is 0 Å². The quantitative estimate of drug-likeness (QED) is 0.549. The number of hydrogen-bond acceptors (Lipinski definition) is 3. The number of rotatable bonds is 3. The average molecular weight is 242 g/mol. The Morgan fingerprint density at radius 2 is 2.12 bits per heavy atom. The fourth-order valence-electron chi connectivity index (χ4n) is 1.35. The third kappa shape index (κ3) is 3.37. The van der Waals surface area contributed by atoms with Crippen LogP contribution in [0.2, 0.25) is 0 Å². The number of hydrogen-bond donors (Lipinski definition) is 2. The van der Waals surface area contributed by atoms with Gasteiger partial charge < -0.3 is 5.32 Å². The van der Waals surface area contributed by atoms with Gasteiger partial charge in [-0.1, -0.05) is 6.58 Å². The third-order valence-electron chi connectivity index (χ3n) is 2.54. The average Bonchev–Trinajstić information content (AvgIpc) is 2.19. The van der Waals surface area contributed by atoms with E-state index in [1.165, 1.54) is 13.8 Å². The van der Waals surface area contributed by atoms with Crippen molar-refractivity contribution in [1.82, 2.24) is 10.6 Å². The lowest BCUT2D eigenvalue weighted by Crippen LogP contribution is -2.53. The van der Waals surface area contributed by atoms with Crippen LogP contribution in [0.15, 0.2) is 12.2 Å². The third-order valence-corrected chi connectivity index (χ3v) is 2.54. The SMILES string of the molecule is C=C(C(=O)NC1CCC(=O)NC1=O)C(C)(C)F. The van der Waals surface area contributed by atoms with Crippen LogP contribution in [0.1, 0.15) is 26.7 Å². The number of alkyl halides is 1. The maximum Gasteiger partial charge on any atom is 0.250 e. The number of carbonyl (C=O) groups is 3. The van der Waals surface area contributed by atoms with Crippen LogP contribution in [0.5, 0.6) is 0 Å². The highest BCUT2D eigenvalue weighted by molar-refractivity contribution is 6.03. The van der Waals surface area contributed by atoms with Crippen LogP contribution in [0.25, 0.3) is 0 Å². The minimum Gasteiger partial charge on any atom is -0.340 e. The summed E-state index contributed by atoms with van der Waals surface area (Å²) in [6.45, 7) is 5.76. The van der Waals surface area contributed by atoms with Gasteiger partial charge in [0.15, 0.2) is 0 Å². The van der Waals surface area contributed by atoms with Crippen molar-refractivity contribution in [2.75, 3.05) is 0 Å². The van der Waals surface area contributed by atoms with E-state index in [0.29, 0.717) is 0 Å². The standard InChI is InChI=1S/C11H15FN2O3/c1-6(11(2,3)12)9(16)13-7-4-5-8(15)14-10(7)17/h7H,1,4-5H2,2-3H3,(H,13,16)(H,14,15,17). The van der Waals surface area contributed by atoms with Crippen molar-refractivity contribution in [2.24, 2.45) is 0 Å². The summed E-state index contributed by atoms with van der Waals surface area (Å²) in [5.41, 5.74) is -2.09. The minimum atomic E-state index is -1.84. The molecule has 0 spiro atoms. The summed E-state index contributed by atoms with van der Waals surface area (Å²) >= 11 is 0. The van der Waals surface area contributed by atoms with Gasteiger partial charge in [0.25, 0.3) is 0 Å². The smallest absolute Gasteiger partial charge is 0.250 e. The first-order valence-corrected chi connectivity index (χ1v) is 5.24. The molecule has 0 aromatic carbocycles. The second-order valence-corrected chi connectivity index (χ2v) is 4.43. The zero-order valence-electron chi connectivity index (χ0n) is 9.80. The maximum atomic E-state index is 13.4. The Kier molecular flexibility index (Phi) is 3.65. The second-order valence-electron chi connectivity index (χ2n) is 4.43. The van der Waals surface area contributed by atoms with Crippen LogP contribution in [0.3, 0.4) is 0 Å². The molecule has 0 radical (unpaired) electrons. The Hall–Kier alpha value is -1.72. The van der Waals surface area contributed by atoms with Crippen molar-refractivity contribution in [2.45, 2.75) is 38.4 Å². The first-order valence-electron chi connectivity index (χ1n) is 5.24. The molecule has 1 aliphatic heterocycles. The molecule has 6 heteroatoms. The highest BCUT2D eigenvalue weighted by Crippen LogP contribution is 2.19. The Balaban J connectivity index is 2.61. The van der Waals surface area contributed by atoms with Gasteiger partial charge in [-0.3, -0.25) is 19.7 Å². The number of amides is 3. The lowest BCUT2D eigenvalue weighted by Gasteiger charge is -2.24. The monoisotopic (exact) mass is 242 g/mol. The molecule has 1 fully saturated rings. The van der Waals surface area contributed by atoms with Crippen molar-refractivity contribution >= 4 is 17.7 Å². The molecule has 1 aliphatic rings. The number of imide groups is 1. The molecule has 1 heterocycles. The van der Waals surface area contributed by atoms with E-state index in [4.69, 9.17) is 0 Å². The van der Waals surface area contributed by atoms with Gasteiger partial charge in [0.05, 0.1) is 0 Å².